The van der Waals surface area contributed by atoms with E-state index in [9.17, 15) is 0 Å². The Morgan fingerprint density at radius 1 is 1.73 bits per heavy atom. The van der Waals surface area contributed by atoms with Crippen molar-refractivity contribution < 1.29 is 4.74 Å². The highest BCUT2D eigenvalue weighted by molar-refractivity contribution is 7.09. The van der Waals surface area contributed by atoms with E-state index >= 15 is 0 Å². The Bertz CT molecular complexity index is 276. The molecule has 4 nitrogen and oxygen atoms in total. The van der Waals surface area contributed by atoms with Crippen LogP contribution in [0, 0.1) is 0 Å². The van der Waals surface area contributed by atoms with Gasteiger partial charge in [-0.15, -0.1) is 11.3 Å². The molecule has 0 amide bonds. The maximum absolute atomic E-state index is 5.65. The second-order valence-electron chi connectivity index (χ2n) is 3.71. The number of rotatable bonds is 4. The summed E-state index contributed by atoms with van der Waals surface area (Å²) in [6.45, 7) is 4.73. The highest BCUT2D eigenvalue weighted by Gasteiger charge is 2.20. The molecule has 0 bridgehead atoms. The average Bonchev–Trinajstić information content (AvgIpc) is 2.71. The van der Waals surface area contributed by atoms with Gasteiger partial charge in [0.2, 0.25) is 0 Å². The summed E-state index contributed by atoms with van der Waals surface area (Å²) >= 11 is 1.72. The third kappa shape index (κ3) is 3.24. The molecule has 1 aromatic rings. The lowest BCUT2D eigenvalue weighted by molar-refractivity contribution is -0.0291. The van der Waals surface area contributed by atoms with Gasteiger partial charge in [-0.25, -0.2) is 4.98 Å². The van der Waals surface area contributed by atoms with Crippen molar-refractivity contribution in [2.75, 3.05) is 33.3 Å². The summed E-state index contributed by atoms with van der Waals surface area (Å²) in [7, 11) is 1.96. The van der Waals surface area contributed by atoms with Crippen molar-refractivity contribution >= 4 is 11.3 Å². The van der Waals surface area contributed by atoms with Crippen LogP contribution in [0.1, 0.15) is 5.01 Å². The lowest BCUT2D eigenvalue weighted by Gasteiger charge is -2.32. The van der Waals surface area contributed by atoms with Crippen molar-refractivity contribution in [2.24, 2.45) is 0 Å². The summed E-state index contributed by atoms with van der Waals surface area (Å²) in [4.78, 5) is 6.71. The van der Waals surface area contributed by atoms with E-state index in [0.29, 0.717) is 6.10 Å². The molecule has 0 saturated carbocycles. The van der Waals surface area contributed by atoms with Crippen LogP contribution in [0.15, 0.2) is 11.6 Å². The first-order chi connectivity index (χ1) is 7.38. The van der Waals surface area contributed by atoms with E-state index in [2.05, 4.69) is 15.2 Å². The standard InChI is InChI=1S/C10H17N3OS/c1-11-6-9-7-13(3-4-14-9)8-10-12-2-5-15-10/h2,5,9,11H,3-4,6-8H2,1H3. The fourth-order valence-electron chi connectivity index (χ4n) is 1.80. The Balaban J connectivity index is 1.82. The van der Waals surface area contributed by atoms with Crippen LogP contribution in [0.4, 0.5) is 0 Å². The first-order valence-electron chi connectivity index (χ1n) is 5.25. The molecule has 1 atom stereocenters. The quantitative estimate of drug-likeness (QED) is 0.816. The maximum atomic E-state index is 5.65. The zero-order chi connectivity index (χ0) is 10.5. The van der Waals surface area contributed by atoms with E-state index in [4.69, 9.17) is 4.74 Å². The molecule has 2 rings (SSSR count). The average molecular weight is 227 g/mol. The summed E-state index contributed by atoms with van der Waals surface area (Å²) < 4.78 is 5.65. The predicted molar refractivity (Wildman–Crippen MR) is 61.1 cm³/mol. The van der Waals surface area contributed by atoms with Gasteiger partial charge in [-0.2, -0.15) is 0 Å². The first-order valence-corrected chi connectivity index (χ1v) is 6.13. The first kappa shape index (κ1) is 11.0. The number of likely N-dealkylation sites (N-methyl/N-ethyl adjacent to an activating group) is 1. The van der Waals surface area contributed by atoms with E-state index in [1.165, 1.54) is 5.01 Å². The molecule has 1 N–H and O–H groups in total. The van der Waals surface area contributed by atoms with Crippen LogP contribution >= 0.6 is 11.3 Å². The van der Waals surface area contributed by atoms with Crippen LogP contribution in [0.25, 0.3) is 0 Å². The molecule has 2 heterocycles. The van der Waals surface area contributed by atoms with Gasteiger partial charge in [0.25, 0.3) is 0 Å². The largest absolute Gasteiger partial charge is 0.374 e. The number of aromatic nitrogens is 1. The lowest BCUT2D eigenvalue weighted by atomic mass is 10.2. The molecule has 84 valence electrons. The molecule has 0 radical (unpaired) electrons. The van der Waals surface area contributed by atoms with E-state index in [1.54, 1.807) is 11.3 Å². The van der Waals surface area contributed by atoms with Crippen LogP contribution in [-0.4, -0.2) is 49.3 Å². The van der Waals surface area contributed by atoms with Crippen molar-refractivity contribution in [2.45, 2.75) is 12.6 Å². The topological polar surface area (TPSA) is 37.4 Å². The summed E-state index contributed by atoms with van der Waals surface area (Å²) in [5.41, 5.74) is 0. The van der Waals surface area contributed by atoms with Gasteiger partial charge < -0.3 is 10.1 Å². The van der Waals surface area contributed by atoms with Gasteiger partial charge in [0, 0.05) is 31.2 Å². The highest BCUT2D eigenvalue weighted by Crippen LogP contribution is 2.11. The summed E-state index contributed by atoms with van der Waals surface area (Å²) in [5.74, 6) is 0. The molecule has 0 aromatic carbocycles. The zero-order valence-corrected chi connectivity index (χ0v) is 9.80. The number of morpholine rings is 1. The van der Waals surface area contributed by atoms with Crippen molar-refractivity contribution in [3.63, 3.8) is 0 Å². The van der Waals surface area contributed by atoms with Gasteiger partial charge in [-0.05, 0) is 7.05 Å². The molecular weight excluding hydrogens is 210 g/mol. The fourth-order valence-corrected chi connectivity index (χ4v) is 2.46. The van der Waals surface area contributed by atoms with Gasteiger partial charge in [0.05, 0.1) is 19.3 Å². The molecule has 5 heteroatoms. The number of hydrogen-bond donors (Lipinski definition) is 1. The van der Waals surface area contributed by atoms with E-state index in [1.807, 2.05) is 18.6 Å². The van der Waals surface area contributed by atoms with E-state index in [0.717, 1.165) is 32.8 Å². The highest BCUT2D eigenvalue weighted by atomic mass is 32.1. The molecule has 1 fully saturated rings. The summed E-state index contributed by atoms with van der Waals surface area (Å²) in [6, 6.07) is 0. The Morgan fingerprint density at radius 2 is 2.67 bits per heavy atom. The minimum Gasteiger partial charge on any atom is -0.374 e. The molecule has 0 spiro atoms. The number of nitrogens with zero attached hydrogens (tertiary/aromatic N) is 2. The maximum Gasteiger partial charge on any atom is 0.107 e. The molecule has 0 aliphatic carbocycles. The predicted octanol–water partition coefficient (Wildman–Crippen LogP) is 0.563. The van der Waals surface area contributed by atoms with Gasteiger partial charge in [-0.3, -0.25) is 4.90 Å². The molecule has 1 aromatic heterocycles. The third-order valence-electron chi connectivity index (χ3n) is 2.50. The summed E-state index contributed by atoms with van der Waals surface area (Å²) in [6.07, 6.45) is 2.19. The van der Waals surface area contributed by atoms with Crippen LogP contribution in [0.2, 0.25) is 0 Å². The second-order valence-corrected chi connectivity index (χ2v) is 4.69. The molecule has 1 unspecified atom stereocenters. The second kappa shape index (κ2) is 5.55. The third-order valence-corrected chi connectivity index (χ3v) is 3.26. The minimum absolute atomic E-state index is 0.323. The molecule has 1 aliphatic heterocycles. The van der Waals surface area contributed by atoms with Crippen molar-refractivity contribution in [3.05, 3.63) is 16.6 Å². The van der Waals surface area contributed by atoms with Crippen LogP contribution in [0.3, 0.4) is 0 Å². The van der Waals surface area contributed by atoms with Gasteiger partial charge in [0.15, 0.2) is 0 Å². The number of hydrogen-bond acceptors (Lipinski definition) is 5. The monoisotopic (exact) mass is 227 g/mol. The number of ether oxygens (including phenoxy) is 1. The number of nitrogens with one attached hydrogen (secondary N) is 1. The van der Waals surface area contributed by atoms with Crippen LogP contribution in [-0.2, 0) is 11.3 Å². The fraction of sp³-hybridized carbons (Fsp3) is 0.700. The minimum atomic E-state index is 0.323. The zero-order valence-electron chi connectivity index (χ0n) is 8.98. The van der Waals surface area contributed by atoms with Crippen molar-refractivity contribution in [1.82, 2.24) is 15.2 Å². The Labute approximate surface area is 94.3 Å². The van der Waals surface area contributed by atoms with Gasteiger partial charge >= 0.3 is 0 Å². The molecule has 15 heavy (non-hydrogen) atoms. The summed E-state index contributed by atoms with van der Waals surface area (Å²) in [5, 5.41) is 6.38. The van der Waals surface area contributed by atoms with Gasteiger partial charge in [-0.1, -0.05) is 0 Å². The normalized spacial score (nSPS) is 23.1. The number of thiazole rings is 1. The Kier molecular flexibility index (Phi) is 4.08. The van der Waals surface area contributed by atoms with Crippen LogP contribution in [0.5, 0.6) is 0 Å². The molecular formula is C10H17N3OS. The van der Waals surface area contributed by atoms with Crippen molar-refractivity contribution in [3.8, 4) is 0 Å². The van der Waals surface area contributed by atoms with Crippen LogP contribution < -0.4 is 5.32 Å². The van der Waals surface area contributed by atoms with Crippen molar-refractivity contribution in [1.29, 1.82) is 0 Å². The molecule has 1 saturated heterocycles. The SMILES string of the molecule is CNCC1CN(Cc2nccs2)CCO1. The smallest absolute Gasteiger partial charge is 0.107 e. The molecule has 1 aliphatic rings. The lowest BCUT2D eigenvalue weighted by Crippen LogP contribution is -2.45. The van der Waals surface area contributed by atoms with E-state index < -0.39 is 0 Å². The van der Waals surface area contributed by atoms with Gasteiger partial charge in [0.1, 0.15) is 5.01 Å². The Hall–Kier alpha value is -0.490. The van der Waals surface area contributed by atoms with E-state index in [-0.39, 0.29) is 0 Å². The Morgan fingerprint density at radius 3 is 3.40 bits per heavy atom.